The number of nitrogens with zero attached hydrogens (tertiary/aromatic N) is 1. The van der Waals surface area contributed by atoms with Gasteiger partial charge in [-0.2, -0.15) is 0 Å². The van der Waals surface area contributed by atoms with Gasteiger partial charge in [-0.25, -0.2) is 13.2 Å². The third-order valence-electron chi connectivity index (χ3n) is 3.61. The molecule has 3 rings (SSSR count). The molecule has 1 aromatic heterocycles. The van der Waals surface area contributed by atoms with Crippen molar-refractivity contribution in [2.24, 2.45) is 0 Å². The van der Waals surface area contributed by atoms with Gasteiger partial charge in [0.25, 0.3) is 0 Å². The van der Waals surface area contributed by atoms with E-state index in [2.05, 4.69) is 10.5 Å². The Bertz CT molecular complexity index is 951. The molecule has 0 saturated heterocycles. The van der Waals surface area contributed by atoms with Gasteiger partial charge in [0.2, 0.25) is 5.91 Å². The lowest BCUT2D eigenvalue weighted by Crippen LogP contribution is -2.16. The smallest absolute Gasteiger partial charge is 0.230 e. The number of rotatable bonds is 3. The Morgan fingerprint density at radius 1 is 1.17 bits per heavy atom. The number of carbonyl (C=O) groups is 1. The molecule has 0 unspecified atom stereocenters. The third kappa shape index (κ3) is 2.84. The minimum Gasteiger partial charge on any atom is -0.356 e. The van der Waals surface area contributed by atoms with Gasteiger partial charge in [-0.15, -0.1) is 0 Å². The summed E-state index contributed by atoms with van der Waals surface area (Å²) in [5, 5.41) is 6.77. The van der Waals surface area contributed by atoms with Crippen LogP contribution < -0.4 is 5.32 Å². The molecular formula is C17H13F3N2O2. The zero-order valence-corrected chi connectivity index (χ0v) is 12.9. The van der Waals surface area contributed by atoms with Crippen molar-refractivity contribution < 1.29 is 22.5 Å². The van der Waals surface area contributed by atoms with Crippen LogP contribution in [0.4, 0.5) is 18.9 Å². The van der Waals surface area contributed by atoms with Crippen LogP contribution >= 0.6 is 0 Å². The van der Waals surface area contributed by atoms with Crippen LogP contribution in [-0.4, -0.2) is 11.1 Å². The molecule has 1 heterocycles. The van der Waals surface area contributed by atoms with E-state index in [1.54, 1.807) is 0 Å². The van der Waals surface area contributed by atoms with Crippen molar-refractivity contribution in [3.63, 3.8) is 0 Å². The van der Waals surface area contributed by atoms with E-state index in [0.717, 1.165) is 23.3 Å². The van der Waals surface area contributed by atoms with Crippen LogP contribution in [0.15, 0.2) is 28.8 Å². The second-order valence-electron chi connectivity index (χ2n) is 5.54. The van der Waals surface area contributed by atoms with Crippen molar-refractivity contribution in [1.29, 1.82) is 0 Å². The average molecular weight is 334 g/mol. The van der Waals surface area contributed by atoms with Crippen LogP contribution in [-0.2, 0) is 11.2 Å². The molecule has 7 heteroatoms. The first kappa shape index (κ1) is 16.0. The summed E-state index contributed by atoms with van der Waals surface area (Å²) < 4.78 is 44.9. The van der Waals surface area contributed by atoms with Gasteiger partial charge in [-0.1, -0.05) is 11.2 Å². The lowest BCUT2D eigenvalue weighted by Gasteiger charge is -2.06. The molecule has 0 aliphatic carbocycles. The Labute approximate surface area is 135 Å². The van der Waals surface area contributed by atoms with E-state index < -0.39 is 29.0 Å². The SMILES string of the molecule is Cc1cc(C)c2onc(CC(=O)Nc3ccc(F)c(F)c3F)c2c1. The molecule has 4 nitrogen and oxygen atoms in total. The molecule has 0 aliphatic heterocycles. The first-order valence-corrected chi connectivity index (χ1v) is 7.15. The Hall–Kier alpha value is -2.83. The minimum atomic E-state index is -1.63. The number of benzene rings is 2. The highest BCUT2D eigenvalue weighted by molar-refractivity contribution is 5.95. The van der Waals surface area contributed by atoms with Gasteiger partial charge in [0.1, 0.15) is 5.69 Å². The quantitative estimate of drug-likeness (QED) is 0.736. The second-order valence-corrected chi connectivity index (χ2v) is 5.54. The van der Waals surface area contributed by atoms with Gasteiger partial charge >= 0.3 is 0 Å². The average Bonchev–Trinajstić information content (AvgIpc) is 2.91. The van der Waals surface area contributed by atoms with E-state index in [-0.39, 0.29) is 6.42 Å². The van der Waals surface area contributed by atoms with Gasteiger partial charge in [-0.05, 0) is 43.2 Å². The van der Waals surface area contributed by atoms with Gasteiger partial charge in [0.15, 0.2) is 23.0 Å². The molecule has 0 atom stereocenters. The molecule has 2 aromatic carbocycles. The Kier molecular flexibility index (Phi) is 4.01. The minimum absolute atomic E-state index is 0.186. The number of fused-ring (bicyclic) bond motifs is 1. The number of aromatic nitrogens is 1. The fraction of sp³-hybridized carbons (Fsp3) is 0.176. The zero-order chi connectivity index (χ0) is 17.4. The molecule has 0 radical (unpaired) electrons. The Balaban J connectivity index is 1.85. The van der Waals surface area contributed by atoms with Crippen molar-refractivity contribution in [1.82, 2.24) is 5.16 Å². The van der Waals surface area contributed by atoms with E-state index in [9.17, 15) is 18.0 Å². The first-order chi connectivity index (χ1) is 11.4. The summed E-state index contributed by atoms with van der Waals surface area (Å²) >= 11 is 0. The summed E-state index contributed by atoms with van der Waals surface area (Å²) in [6, 6.07) is 5.46. The number of aryl methyl sites for hydroxylation is 2. The number of hydrogen-bond donors (Lipinski definition) is 1. The number of halogens is 3. The summed E-state index contributed by atoms with van der Waals surface area (Å²) in [6.45, 7) is 3.76. The lowest BCUT2D eigenvalue weighted by molar-refractivity contribution is -0.115. The maximum absolute atomic E-state index is 13.6. The van der Waals surface area contributed by atoms with Crippen molar-refractivity contribution in [2.45, 2.75) is 20.3 Å². The second kappa shape index (κ2) is 5.99. The molecular weight excluding hydrogens is 321 g/mol. The summed E-state index contributed by atoms with van der Waals surface area (Å²) in [7, 11) is 0. The number of amides is 1. The highest BCUT2D eigenvalue weighted by Gasteiger charge is 2.18. The van der Waals surface area contributed by atoms with Gasteiger partial charge in [0, 0.05) is 5.39 Å². The first-order valence-electron chi connectivity index (χ1n) is 7.15. The molecule has 24 heavy (non-hydrogen) atoms. The van der Waals surface area contributed by atoms with Crippen molar-refractivity contribution in [3.8, 4) is 0 Å². The summed E-state index contributed by atoms with van der Waals surface area (Å²) in [4.78, 5) is 12.1. The van der Waals surface area contributed by atoms with Gasteiger partial charge < -0.3 is 9.84 Å². The van der Waals surface area contributed by atoms with E-state index in [1.165, 1.54) is 0 Å². The number of carbonyl (C=O) groups excluding carboxylic acids is 1. The topological polar surface area (TPSA) is 55.1 Å². The highest BCUT2D eigenvalue weighted by atomic mass is 19.2. The molecule has 1 amide bonds. The lowest BCUT2D eigenvalue weighted by atomic mass is 10.1. The Morgan fingerprint density at radius 3 is 2.67 bits per heavy atom. The predicted molar refractivity (Wildman–Crippen MR) is 82.1 cm³/mol. The number of nitrogens with one attached hydrogen (secondary N) is 1. The van der Waals surface area contributed by atoms with Gasteiger partial charge in [0.05, 0.1) is 12.1 Å². The van der Waals surface area contributed by atoms with Crippen LogP contribution in [0.1, 0.15) is 16.8 Å². The third-order valence-corrected chi connectivity index (χ3v) is 3.61. The van der Waals surface area contributed by atoms with E-state index in [1.807, 2.05) is 26.0 Å². The fourth-order valence-corrected chi connectivity index (χ4v) is 2.54. The molecule has 0 fully saturated rings. The predicted octanol–water partition coefficient (Wildman–Crippen LogP) is 4.04. The van der Waals surface area contributed by atoms with Crippen LogP contribution in [0.25, 0.3) is 11.0 Å². The summed E-state index contributed by atoms with van der Waals surface area (Å²) in [5.41, 5.74) is 2.39. The number of anilines is 1. The molecule has 0 saturated carbocycles. The molecule has 1 N–H and O–H groups in total. The number of hydrogen-bond acceptors (Lipinski definition) is 3. The summed E-state index contributed by atoms with van der Waals surface area (Å²) in [5.74, 6) is -5.01. The van der Waals surface area contributed by atoms with Crippen molar-refractivity contribution in [2.75, 3.05) is 5.32 Å². The van der Waals surface area contributed by atoms with Crippen LogP contribution in [0, 0.1) is 31.3 Å². The normalized spacial score (nSPS) is 11.0. The van der Waals surface area contributed by atoms with E-state index in [4.69, 9.17) is 4.52 Å². The Morgan fingerprint density at radius 2 is 1.92 bits per heavy atom. The zero-order valence-electron chi connectivity index (χ0n) is 12.9. The molecule has 0 spiro atoms. The molecule has 0 aliphatic rings. The largest absolute Gasteiger partial charge is 0.356 e. The summed E-state index contributed by atoms with van der Waals surface area (Å²) in [6.07, 6.45) is -0.186. The van der Waals surface area contributed by atoms with Crippen LogP contribution in [0.5, 0.6) is 0 Å². The maximum atomic E-state index is 13.6. The van der Waals surface area contributed by atoms with Crippen molar-refractivity contribution in [3.05, 3.63) is 58.5 Å². The molecule has 3 aromatic rings. The monoisotopic (exact) mass is 334 g/mol. The van der Waals surface area contributed by atoms with Crippen LogP contribution in [0.2, 0.25) is 0 Å². The fourth-order valence-electron chi connectivity index (χ4n) is 2.54. The standard InChI is InChI=1S/C17H13F3N2O2/c1-8-5-9(2)17-10(6-8)13(22-24-17)7-14(23)21-12-4-3-11(18)15(19)16(12)20/h3-6H,7H2,1-2H3,(H,21,23). The van der Waals surface area contributed by atoms with Gasteiger partial charge in [-0.3, -0.25) is 4.79 Å². The van der Waals surface area contributed by atoms with E-state index >= 15 is 0 Å². The molecule has 124 valence electrons. The van der Waals surface area contributed by atoms with E-state index in [0.29, 0.717) is 16.7 Å². The highest BCUT2D eigenvalue weighted by Crippen LogP contribution is 2.25. The van der Waals surface area contributed by atoms with Crippen molar-refractivity contribution >= 4 is 22.6 Å². The van der Waals surface area contributed by atoms with Crippen LogP contribution in [0.3, 0.4) is 0 Å². The maximum Gasteiger partial charge on any atom is 0.230 e. The molecule has 0 bridgehead atoms.